The van der Waals surface area contributed by atoms with Crippen molar-refractivity contribution in [3.8, 4) is 11.5 Å². The van der Waals surface area contributed by atoms with Gasteiger partial charge in [-0.1, -0.05) is 78.5 Å². The molecule has 0 bridgehead atoms. The summed E-state index contributed by atoms with van der Waals surface area (Å²) in [6, 6.07) is 18.8. The third-order valence-corrected chi connectivity index (χ3v) is 8.74. The number of aryl methyl sites for hydroxylation is 1. The van der Waals surface area contributed by atoms with Gasteiger partial charge < -0.3 is 19.5 Å². The number of aromatic nitrogens is 3. The van der Waals surface area contributed by atoms with Crippen molar-refractivity contribution in [2.24, 2.45) is 0 Å². The molecule has 0 amide bonds. The number of nitrogens with one attached hydrogen (secondary N) is 1. The normalized spacial score (nSPS) is 14.1. The molecule has 1 aromatic heterocycles. The lowest BCUT2D eigenvalue weighted by Crippen LogP contribution is -2.29. The van der Waals surface area contributed by atoms with Gasteiger partial charge in [0.1, 0.15) is 19.3 Å². The van der Waals surface area contributed by atoms with Crippen molar-refractivity contribution in [2.45, 2.75) is 37.4 Å². The van der Waals surface area contributed by atoms with Crippen molar-refractivity contribution in [1.82, 2.24) is 14.8 Å². The second-order valence-electron chi connectivity index (χ2n) is 9.75. The molecule has 11 heteroatoms. The number of nitrogens with zero attached hydrogens (tertiary/aromatic N) is 3. The summed E-state index contributed by atoms with van der Waals surface area (Å²) in [4.78, 5) is 18.1. The van der Waals surface area contributed by atoms with Crippen LogP contribution in [-0.2, 0) is 21.9 Å². The van der Waals surface area contributed by atoms with Gasteiger partial charge in [-0.15, -0.1) is 5.10 Å². The second-order valence-corrected chi connectivity index (χ2v) is 11.9. The lowest BCUT2D eigenvalue weighted by molar-refractivity contribution is -0.138. The molecule has 43 heavy (non-hydrogen) atoms. The zero-order chi connectivity index (χ0) is 30.5. The molecule has 0 saturated heterocycles. The third kappa shape index (κ3) is 6.76. The predicted molar refractivity (Wildman–Crippen MR) is 173 cm³/mol. The Morgan fingerprint density at radius 3 is 2.63 bits per heavy atom. The number of hydrogen-bond donors (Lipinski definition) is 1. The van der Waals surface area contributed by atoms with Crippen LogP contribution in [0.4, 0.5) is 5.95 Å². The van der Waals surface area contributed by atoms with Gasteiger partial charge >= 0.3 is 5.97 Å². The van der Waals surface area contributed by atoms with E-state index in [-0.39, 0.29) is 6.61 Å². The van der Waals surface area contributed by atoms with E-state index in [1.54, 1.807) is 11.8 Å². The van der Waals surface area contributed by atoms with E-state index < -0.39 is 12.0 Å². The van der Waals surface area contributed by atoms with E-state index in [1.807, 2.05) is 74.5 Å². The minimum Gasteiger partial charge on any atom is -0.493 e. The summed E-state index contributed by atoms with van der Waals surface area (Å²) < 4.78 is 19.9. The largest absolute Gasteiger partial charge is 0.493 e. The van der Waals surface area contributed by atoms with Gasteiger partial charge in [0.25, 0.3) is 0 Å². The molecular weight excluding hydrogens is 652 g/mol. The van der Waals surface area contributed by atoms with Gasteiger partial charge in [-0.25, -0.2) is 9.48 Å². The molecule has 0 aliphatic carbocycles. The van der Waals surface area contributed by atoms with Gasteiger partial charge in [0.2, 0.25) is 11.1 Å². The number of anilines is 1. The summed E-state index contributed by atoms with van der Waals surface area (Å²) >= 11 is 11.5. The SMILES string of the molecule is C=CCOC(=O)C1=C(C)Nc2nc(SCc3ccccc3Cl)nn2C1c1cc(Br)c(OCc2ccccc2C)c(OC)c1. The lowest BCUT2D eigenvalue weighted by Gasteiger charge is -2.28. The minimum atomic E-state index is -0.661. The van der Waals surface area contributed by atoms with Gasteiger partial charge in [0.05, 0.1) is 17.2 Å². The maximum Gasteiger partial charge on any atom is 0.338 e. The van der Waals surface area contributed by atoms with Crippen molar-refractivity contribution in [3.63, 3.8) is 0 Å². The number of rotatable bonds is 11. The average molecular weight is 682 g/mol. The van der Waals surface area contributed by atoms with E-state index in [2.05, 4.69) is 27.8 Å². The Bertz CT molecular complexity index is 1710. The highest BCUT2D eigenvalue weighted by atomic mass is 79.9. The molecule has 2 heterocycles. The van der Waals surface area contributed by atoms with E-state index in [1.165, 1.54) is 17.8 Å². The number of halogens is 2. The highest BCUT2D eigenvalue weighted by molar-refractivity contribution is 9.10. The number of hydrogen-bond acceptors (Lipinski definition) is 8. The quantitative estimate of drug-likeness (QED) is 0.0972. The summed E-state index contributed by atoms with van der Waals surface area (Å²) in [5, 5.41) is 9.25. The van der Waals surface area contributed by atoms with Crippen molar-refractivity contribution in [3.05, 3.63) is 116 Å². The Morgan fingerprint density at radius 1 is 1.16 bits per heavy atom. The van der Waals surface area contributed by atoms with Gasteiger partial charge in [0, 0.05) is 16.5 Å². The smallest absolute Gasteiger partial charge is 0.338 e. The molecule has 1 aliphatic heterocycles. The molecule has 1 aliphatic rings. The highest BCUT2D eigenvalue weighted by Crippen LogP contribution is 2.43. The molecule has 3 aromatic carbocycles. The van der Waals surface area contributed by atoms with Crippen LogP contribution in [0.5, 0.6) is 11.5 Å². The van der Waals surface area contributed by atoms with Crippen LogP contribution < -0.4 is 14.8 Å². The zero-order valence-electron chi connectivity index (χ0n) is 23.9. The van der Waals surface area contributed by atoms with E-state index in [0.717, 1.165) is 22.3 Å². The van der Waals surface area contributed by atoms with Crippen LogP contribution >= 0.6 is 39.3 Å². The molecule has 5 rings (SSSR count). The topological polar surface area (TPSA) is 87.5 Å². The first-order valence-electron chi connectivity index (χ1n) is 13.4. The fourth-order valence-electron chi connectivity index (χ4n) is 4.69. The molecule has 1 N–H and O–H groups in total. The van der Waals surface area contributed by atoms with Crippen LogP contribution in [0.15, 0.2) is 94.2 Å². The fourth-order valence-corrected chi connectivity index (χ4v) is 6.38. The molecule has 0 radical (unpaired) electrons. The Hall–Kier alpha value is -3.73. The Kier molecular flexibility index (Phi) is 9.79. The number of esters is 1. The second kappa shape index (κ2) is 13.7. The van der Waals surface area contributed by atoms with Crippen molar-refractivity contribution < 1.29 is 19.0 Å². The molecule has 4 aromatic rings. The first-order chi connectivity index (χ1) is 20.8. The standard InChI is InChI=1S/C32H30BrClN4O4S/c1-5-14-41-30(39)27-20(3)35-31-36-32(43-18-22-12-8-9-13-25(22)34)37-38(31)28(27)23-15-24(33)29(26(16-23)40-4)42-17-21-11-7-6-10-19(21)2/h5-13,15-16,28H,1,14,17-18H2,2-4H3,(H,35,36,37). The molecule has 0 spiro atoms. The van der Waals surface area contributed by atoms with Gasteiger partial charge in [-0.2, -0.15) is 4.98 Å². The molecule has 0 saturated carbocycles. The van der Waals surface area contributed by atoms with Crippen molar-refractivity contribution in [1.29, 1.82) is 0 Å². The van der Waals surface area contributed by atoms with Crippen LogP contribution in [0, 0.1) is 6.92 Å². The summed E-state index contributed by atoms with van der Waals surface area (Å²) in [5.74, 6) is 1.65. The number of thioether (sulfide) groups is 1. The summed E-state index contributed by atoms with van der Waals surface area (Å²) in [5.41, 5.74) is 4.91. The zero-order valence-corrected chi connectivity index (χ0v) is 27.1. The van der Waals surface area contributed by atoms with Crippen LogP contribution in [0.2, 0.25) is 5.02 Å². The maximum atomic E-state index is 13.4. The van der Waals surface area contributed by atoms with Gasteiger partial charge in [-0.3, -0.25) is 0 Å². The van der Waals surface area contributed by atoms with Crippen LogP contribution in [0.25, 0.3) is 0 Å². The molecule has 222 valence electrons. The number of ether oxygens (including phenoxy) is 3. The van der Waals surface area contributed by atoms with Crippen LogP contribution in [-0.4, -0.2) is 34.5 Å². The van der Waals surface area contributed by atoms with Crippen molar-refractivity contribution >= 4 is 51.2 Å². The fraction of sp³-hybridized carbons (Fsp3) is 0.219. The number of benzene rings is 3. The third-order valence-electron chi connectivity index (χ3n) is 6.90. The molecule has 8 nitrogen and oxygen atoms in total. The first-order valence-corrected chi connectivity index (χ1v) is 15.6. The minimum absolute atomic E-state index is 0.0736. The number of fused-ring (bicyclic) bond motifs is 1. The van der Waals surface area contributed by atoms with Crippen LogP contribution in [0.3, 0.4) is 0 Å². The van der Waals surface area contributed by atoms with Gasteiger partial charge in [-0.05, 0) is 70.2 Å². The van der Waals surface area contributed by atoms with Gasteiger partial charge in [0.15, 0.2) is 11.5 Å². The Balaban J connectivity index is 1.52. The lowest BCUT2D eigenvalue weighted by atomic mass is 9.95. The monoisotopic (exact) mass is 680 g/mol. The summed E-state index contributed by atoms with van der Waals surface area (Å²) in [6.45, 7) is 7.97. The average Bonchev–Trinajstić information content (AvgIpc) is 3.40. The Labute approximate surface area is 268 Å². The van der Waals surface area contributed by atoms with E-state index in [9.17, 15) is 4.79 Å². The maximum absolute atomic E-state index is 13.4. The van der Waals surface area contributed by atoms with Crippen LogP contribution in [0.1, 0.15) is 35.2 Å². The van der Waals surface area contributed by atoms with E-state index in [0.29, 0.717) is 55.7 Å². The molecule has 1 unspecified atom stereocenters. The molecule has 0 fully saturated rings. The van der Waals surface area contributed by atoms with E-state index >= 15 is 0 Å². The predicted octanol–water partition coefficient (Wildman–Crippen LogP) is 7.90. The number of carbonyl (C=O) groups excluding carboxylic acids is 1. The number of allylic oxidation sites excluding steroid dienone is 1. The summed E-state index contributed by atoms with van der Waals surface area (Å²) in [6.07, 6.45) is 1.53. The summed E-state index contributed by atoms with van der Waals surface area (Å²) in [7, 11) is 1.58. The highest BCUT2D eigenvalue weighted by Gasteiger charge is 2.36. The number of methoxy groups -OCH3 is 1. The molecular formula is C32H30BrClN4O4S. The molecule has 1 atom stereocenters. The van der Waals surface area contributed by atoms with E-state index in [4.69, 9.17) is 35.9 Å². The first kappa shape index (κ1) is 30.7. The van der Waals surface area contributed by atoms with Crippen molar-refractivity contribution in [2.75, 3.05) is 19.0 Å². The Morgan fingerprint density at radius 2 is 1.91 bits per heavy atom. The number of carbonyl (C=O) groups is 1.